The van der Waals surface area contributed by atoms with Gasteiger partial charge in [0.15, 0.2) is 5.82 Å². The van der Waals surface area contributed by atoms with E-state index in [1.54, 1.807) is 35.5 Å². The van der Waals surface area contributed by atoms with Gasteiger partial charge in [-0.25, -0.2) is 4.98 Å². The molecule has 3 aromatic rings. The molecule has 1 aromatic carbocycles. The molecule has 0 fully saturated rings. The molecule has 0 aliphatic carbocycles. The van der Waals surface area contributed by atoms with Gasteiger partial charge in [0.05, 0.1) is 24.3 Å². The maximum Gasteiger partial charge on any atom is 0.253 e. The highest BCUT2D eigenvalue weighted by molar-refractivity contribution is 6.30. The standard InChI is InChI=1S/C22H20ClN5O2/c1-14-9-24-7-6-16(14)10-27-22(30)17-8-19-21(25-11-17)26-12-20(29)28(19)13-15-2-4-18(23)5-3-15/h2-9,11H,10,12-13H2,1H3,(H,25,26)(H,27,30). The van der Waals surface area contributed by atoms with Gasteiger partial charge >= 0.3 is 0 Å². The second-order valence-corrected chi connectivity index (χ2v) is 7.47. The third-order valence-corrected chi connectivity index (χ3v) is 5.21. The van der Waals surface area contributed by atoms with E-state index in [9.17, 15) is 9.59 Å². The monoisotopic (exact) mass is 421 g/mol. The number of pyridine rings is 2. The van der Waals surface area contributed by atoms with Crippen LogP contribution >= 0.6 is 11.6 Å². The second-order valence-electron chi connectivity index (χ2n) is 7.04. The highest BCUT2D eigenvalue weighted by Crippen LogP contribution is 2.30. The van der Waals surface area contributed by atoms with Crippen LogP contribution in [0.1, 0.15) is 27.0 Å². The van der Waals surface area contributed by atoms with Crippen molar-refractivity contribution in [3.05, 3.63) is 82.3 Å². The fourth-order valence-corrected chi connectivity index (χ4v) is 3.36. The maximum atomic E-state index is 12.7. The van der Waals surface area contributed by atoms with Gasteiger partial charge in [0.2, 0.25) is 5.91 Å². The minimum Gasteiger partial charge on any atom is -0.359 e. The molecule has 30 heavy (non-hydrogen) atoms. The first kappa shape index (κ1) is 19.8. The Balaban J connectivity index is 1.55. The first-order valence-corrected chi connectivity index (χ1v) is 9.85. The molecule has 1 aliphatic rings. The molecule has 7 nitrogen and oxygen atoms in total. The Hall–Kier alpha value is -3.45. The summed E-state index contributed by atoms with van der Waals surface area (Å²) in [6.45, 7) is 2.85. The quantitative estimate of drug-likeness (QED) is 0.659. The third kappa shape index (κ3) is 4.26. The molecular formula is C22H20ClN5O2. The van der Waals surface area contributed by atoms with Gasteiger partial charge in [-0.05, 0) is 47.9 Å². The fourth-order valence-electron chi connectivity index (χ4n) is 3.23. The number of anilines is 2. The topological polar surface area (TPSA) is 87.2 Å². The second kappa shape index (κ2) is 8.51. The van der Waals surface area contributed by atoms with E-state index < -0.39 is 0 Å². The van der Waals surface area contributed by atoms with Crippen LogP contribution in [0.2, 0.25) is 5.02 Å². The number of fused-ring (bicyclic) bond motifs is 1. The summed E-state index contributed by atoms with van der Waals surface area (Å²) < 4.78 is 0. The maximum absolute atomic E-state index is 12.7. The number of aromatic nitrogens is 2. The Morgan fingerprint density at radius 2 is 2.03 bits per heavy atom. The van der Waals surface area contributed by atoms with Crippen LogP contribution in [0.25, 0.3) is 0 Å². The number of aryl methyl sites for hydroxylation is 1. The summed E-state index contributed by atoms with van der Waals surface area (Å²) in [6.07, 6.45) is 4.96. The van der Waals surface area contributed by atoms with Gasteiger partial charge in [0, 0.05) is 30.2 Å². The Morgan fingerprint density at radius 1 is 1.23 bits per heavy atom. The van der Waals surface area contributed by atoms with Crippen molar-refractivity contribution in [3.8, 4) is 0 Å². The Labute approximate surface area is 179 Å². The minimum atomic E-state index is -0.258. The zero-order valence-electron chi connectivity index (χ0n) is 16.4. The largest absolute Gasteiger partial charge is 0.359 e. The highest BCUT2D eigenvalue weighted by atomic mass is 35.5. The zero-order valence-corrected chi connectivity index (χ0v) is 17.1. The number of hydrogen-bond acceptors (Lipinski definition) is 5. The van der Waals surface area contributed by atoms with Gasteiger partial charge in [0.25, 0.3) is 5.91 Å². The van der Waals surface area contributed by atoms with Gasteiger partial charge in [-0.1, -0.05) is 23.7 Å². The molecular weight excluding hydrogens is 402 g/mol. The van der Waals surface area contributed by atoms with Crippen LogP contribution in [0.3, 0.4) is 0 Å². The van der Waals surface area contributed by atoms with Crippen molar-refractivity contribution in [1.82, 2.24) is 15.3 Å². The summed E-state index contributed by atoms with van der Waals surface area (Å²) in [6, 6.07) is 10.9. The van der Waals surface area contributed by atoms with Gasteiger partial charge in [-0.15, -0.1) is 0 Å². The number of carbonyl (C=O) groups excluding carboxylic acids is 2. The minimum absolute atomic E-state index is 0.0933. The van der Waals surface area contributed by atoms with Crippen LogP contribution in [0.5, 0.6) is 0 Å². The lowest BCUT2D eigenvalue weighted by Crippen LogP contribution is -2.40. The van der Waals surface area contributed by atoms with Gasteiger partial charge in [-0.2, -0.15) is 0 Å². The SMILES string of the molecule is Cc1cnccc1CNC(=O)c1cnc2c(c1)N(Cc1ccc(Cl)cc1)C(=O)CN2. The van der Waals surface area contributed by atoms with Gasteiger partial charge in [0.1, 0.15) is 0 Å². The molecule has 0 saturated carbocycles. The average Bonchev–Trinajstić information content (AvgIpc) is 2.76. The molecule has 0 spiro atoms. The van der Waals surface area contributed by atoms with Crippen LogP contribution in [0, 0.1) is 6.92 Å². The number of rotatable bonds is 5. The average molecular weight is 422 g/mol. The highest BCUT2D eigenvalue weighted by Gasteiger charge is 2.26. The van der Waals surface area contributed by atoms with E-state index in [1.807, 2.05) is 25.1 Å². The summed E-state index contributed by atoms with van der Waals surface area (Å²) in [5, 5.41) is 6.54. The number of halogens is 1. The first-order valence-electron chi connectivity index (χ1n) is 9.47. The van der Waals surface area contributed by atoms with E-state index in [0.717, 1.165) is 16.7 Å². The van der Waals surface area contributed by atoms with Crippen molar-refractivity contribution in [2.45, 2.75) is 20.0 Å². The van der Waals surface area contributed by atoms with Crippen molar-refractivity contribution in [2.75, 3.05) is 16.8 Å². The summed E-state index contributed by atoms with van der Waals surface area (Å²) in [5.74, 6) is 0.222. The Kier molecular flexibility index (Phi) is 5.63. The van der Waals surface area contributed by atoms with Crippen molar-refractivity contribution in [1.29, 1.82) is 0 Å². The molecule has 2 aromatic heterocycles. The predicted molar refractivity (Wildman–Crippen MR) is 116 cm³/mol. The lowest BCUT2D eigenvalue weighted by Gasteiger charge is -2.29. The van der Waals surface area contributed by atoms with E-state index in [-0.39, 0.29) is 18.4 Å². The molecule has 3 heterocycles. The molecule has 1 aliphatic heterocycles. The van der Waals surface area contributed by atoms with Crippen LogP contribution in [0.15, 0.2) is 55.0 Å². The van der Waals surface area contributed by atoms with Crippen LogP contribution in [-0.2, 0) is 17.9 Å². The van der Waals surface area contributed by atoms with Gasteiger partial charge in [-0.3, -0.25) is 14.6 Å². The smallest absolute Gasteiger partial charge is 0.253 e. The van der Waals surface area contributed by atoms with E-state index in [2.05, 4.69) is 20.6 Å². The molecule has 0 radical (unpaired) electrons. The van der Waals surface area contributed by atoms with Crippen molar-refractivity contribution in [2.24, 2.45) is 0 Å². The van der Waals surface area contributed by atoms with Crippen LogP contribution in [0.4, 0.5) is 11.5 Å². The summed E-state index contributed by atoms with van der Waals surface area (Å²) >= 11 is 5.96. The van der Waals surface area contributed by atoms with E-state index >= 15 is 0 Å². The Bertz CT molecular complexity index is 1100. The number of benzene rings is 1. The summed E-state index contributed by atoms with van der Waals surface area (Å²) in [7, 11) is 0. The first-order chi connectivity index (χ1) is 14.5. The summed E-state index contributed by atoms with van der Waals surface area (Å²) in [5.41, 5.74) is 3.89. The molecule has 0 saturated heterocycles. The van der Waals surface area contributed by atoms with E-state index in [0.29, 0.717) is 35.2 Å². The normalized spacial score (nSPS) is 12.9. The van der Waals surface area contributed by atoms with Crippen molar-refractivity contribution >= 4 is 34.9 Å². The lowest BCUT2D eigenvalue weighted by molar-refractivity contribution is -0.117. The summed E-state index contributed by atoms with van der Waals surface area (Å²) in [4.78, 5) is 35.3. The van der Waals surface area contributed by atoms with Crippen molar-refractivity contribution in [3.63, 3.8) is 0 Å². The fraction of sp³-hybridized carbons (Fsp3) is 0.182. The van der Waals surface area contributed by atoms with Crippen LogP contribution < -0.4 is 15.5 Å². The lowest BCUT2D eigenvalue weighted by atomic mass is 10.1. The van der Waals surface area contributed by atoms with Crippen LogP contribution in [-0.4, -0.2) is 28.3 Å². The molecule has 0 atom stereocenters. The molecule has 2 amide bonds. The number of hydrogen-bond donors (Lipinski definition) is 2. The molecule has 0 unspecified atom stereocenters. The number of nitrogens with zero attached hydrogens (tertiary/aromatic N) is 3. The Morgan fingerprint density at radius 3 is 2.80 bits per heavy atom. The van der Waals surface area contributed by atoms with Gasteiger partial charge < -0.3 is 15.5 Å². The molecule has 8 heteroatoms. The molecule has 2 N–H and O–H groups in total. The molecule has 0 bridgehead atoms. The van der Waals surface area contributed by atoms with E-state index in [1.165, 1.54) is 6.20 Å². The number of carbonyl (C=O) groups is 2. The number of nitrogens with one attached hydrogen (secondary N) is 2. The zero-order chi connectivity index (χ0) is 21.1. The molecule has 4 rings (SSSR count). The molecule has 152 valence electrons. The number of amides is 2. The predicted octanol–water partition coefficient (Wildman–Crippen LogP) is 3.33. The third-order valence-electron chi connectivity index (χ3n) is 4.96. The van der Waals surface area contributed by atoms with Crippen molar-refractivity contribution < 1.29 is 9.59 Å². The van der Waals surface area contributed by atoms with E-state index in [4.69, 9.17) is 11.6 Å².